The van der Waals surface area contributed by atoms with E-state index in [9.17, 15) is 8.42 Å². The maximum absolute atomic E-state index is 11.8. The Kier molecular flexibility index (Phi) is 3.40. The van der Waals surface area contributed by atoms with E-state index in [4.69, 9.17) is 4.52 Å². The number of sulfonamides is 1. The Bertz CT molecular complexity index is 643. The van der Waals surface area contributed by atoms with Crippen molar-refractivity contribution < 1.29 is 12.9 Å². The SMILES string of the molecule is Cc1noc(-c2sccc2NS(=O)(=O)C(C)C)n1. The van der Waals surface area contributed by atoms with Crippen LogP contribution in [0.2, 0.25) is 0 Å². The van der Waals surface area contributed by atoms with Crippen LogP contribution in [0.15, 0.2) is 16.0 Å². The molecule has 2 heterocycles. The van der Waals surface area contributed by atoms with Crippen LogP contribution in [0.5, 0.6) is 0 Å². The van der Waals surface area contributed by atoms with E-state index in [1.54, 1.807) is 32.2 Å². The summed E-state index contributed by atoms with van der Waals surface area (Å²) in [4.78, 5) is 4.71. The molecule has 0 radical (unpaired) electrons. The lowest BCUT2D eigenvalue weighted by atomic mass is 10.4. The molecule has 98 valence electrons. The molecule has 0 aliphatic heterocycles. The van der Waals surface area contributed by atoms with Gasteiger partial charge >= 0.3 is 0 Å². The van der Waals surface area contributed by atoms with Crippen molar-refractivity contribution in [2.24, 2.45) is 0 Å². The summed E-state index contributed by atoms with van der Waals surface area (Å²) in [6.45, 7) is 4.94. The molecule has 18 heavy (non-hydrogen) atoms. The lowest BCUT2D eigenvalue weighted by Gasteiger charge is -2.09. The standard InChI is InChI=1S/C10H13N3O3S2/c1-6(2)18(14,15)13-8-4-5-17-9(8)10-11-7(3)12-16-10/h4-6,13H,1-3H3. The Morgan fingerprint density at radius 1 is 1.44 bits per heavy atom. The molecule has 0 unspecified atom stereocenters. The zero-order valence-electron chi connectivity index (χ0n) is 10.2. The van der Waals surface area contributed by atoms with Crippen molar-refractivity contribution in [3.8, 4) is 10.8 Å². The molecule has 0 amide bonds. The summed E-state index contributed by atoms with van der Waals surface area (Å²) in [5, 5.41) is 4.95. The second-order valence-electron chi connectivity index (χ2n) is 4.01. The van der Waals surface area contributed by atoms with Gasteiger partial charge in [0.15, 0.2) is 5.82 Å². The second kappa shape index (κ2) is 4.69. The maximum Gasteiger partial charge on any atom is 0.270 e. The predicted molar refractivity (Wildman–Crippen MR) is 70.0 cm³/mol. The summed E-state index contributed by atoms with van der Waals surface area (Å²) < 4.78 is 31.2. The highest BCUT2D eigenvalue weighted by molar-refractivity contribution is 7.93. The summed E-state index contributed by atoms with van der Waals surface area (Å²) in [7, 11) is -3.38. The zero-order valence-corrected chi connectivity index (χ0v) is 11.8. The molecule has 0 aliphatic carbocycles. The Morgan fingerprint density at radius 3 is 2.72 bits per heavy atom. The molecule has 0 aliphatic rings. The summed E-state index contributed by atoms with van der Waals surface area (Å²) >= 11 is 1.35. The van der Waals surface area contributed by atoms with Gasteiger partial charge in [-0.3, -0.25) is 4.72 Å². The predicted octanol–water partition coefficient (Wildman–Crippen LogP) is 2.26. The van der Waals surface area contributed by atoms with Crippen LogP contribution in [0, 0.1) is 6.92 Å². The summed E-state index contributed by atoms with van der Waals surface area (Å²) in [6.07, 6.45) is 0. The van der Waals surface area contributed by atoms with E-state index in [1.165, 1.54) is 11.3 Å². The van der Waals surface area contributed by atoms with Crippen LogP contribution >= 0.6 is 11.3 Å². The fourth-order valence-corrected chi connectivity index (χ4v) is 2.76. The number of aryl methyl sites for hydroxylation is 1. The van der Waals surface area contributed by atoms with Crippen molar-refractivity contribution in [3.63, 3.8) is 0 Å². The van der Waals surface area contributed by atoms with Crippen LogP contribution in [-0.4, -0.2) is 23.8 Å². The van der Waals surface area contributed by atoms with Crippen molar-refractivity contribution in [2.45, 2.75) is 26.0 Å². The van der Waals surface area contributed by atoms with Crippen LogP contribution in [0.3, 0.4) is 0 Å². The van der Waals surface area contributed by atoms with Gasteiger partial charge in [-0.2, -0.15) is 4.98 Å². The van der Waals surface area contributed by atoms with E-state index in [2.05, 4.69) is 14.9 Å². The Balaban J connectivity index is 2.35. The van der Waals surface area contributed by atoms with Crippen LogP contribution in [0.25, 0.3) is 10.8 Å². The maximum atomic E-state index is 11.8. The summed E-state index contributed by atoms with van der Waals surface area (Å²) in [5.41, 5.74) is 0.470. The molecule has 0 atom stereocenters. The fourth-order valence-electron chi connectivity index (χ4n) is 1.22. The van der Waals surface area contributed by atoms with Crippen LogP contribution < -0.4 is 4.72 Å². The number of nitrogens with one attached hydrogen (secondary N) is 1. The first-order valence-electron chi connectivity index (χ1n) is 5.30. The second-order valence-corrected chi connectivity index (χ2v) is 7.16. The normalized spacial score (nSPS) is 12.0. The van der Waals surface area contributed by atoms with E-state index in [-0.39, 0.29) is 0 Å². The van der Waals surface area contributed by atoms with Crippen molar-refractivity contribution in [2.75, 3.05) is 4.72 Å². The quantitative estimate of drug-likeness (QED) is 0.932. The van der Waals surface area contributed by atoms with Gasteiger partial charge in [0.1, 0.15) is 4.88 Å². The third-order valence-electron chi connectivity index (χ3n) is 2.26. The number of anilines is 1. The molecule has 1 N–H and O–H groups in total. The van der Waals surface area contributed by atoms with Gasteiger partial charge in [-0.25, -0.2) is 8.42 Å². The van der Waals surface area contributed by atoms with Gasteiger partial charge in [-0.05, 0) is 32.2 Å². The largest absolute Gasteiger partial charge is 0.333 e. The molecule has 6 nitrogen and oxygen atoms in total. The zero-order chi connectivity index (χ0) is 13.3. The number of aromatic nitrogens is 2. The van der Waals surface area contributed by atoms with E-state index in [0.29, 0.717) is 22.3 Å². The number of thiophene rings is 1. The van der Waals surface area contributed by atoms with Crippen molar-refractivity contribution in [1.29, 1.82) is 0 Å². The number of nitrogens with zero attached hydrogens (tertiary/aromatic N) is 2. The lowest BCUT2D eigenvalue weighted by molar-refractivity contribution is 0.426. The Hall–Kier alpha value is -1.41. The van der Waals surface area contributed by atoms with Crippen LogP contribution in [0.1, 0.15) is 19.7 Å². The lowest BCUT2D eigenvalue weighted by Crippen LogP contribution is -2.22. The third-order valence-corrected chi connectivity index (χ3v) is 4.91. The molecule has 0 bridgehead atoms. The molecule has 2 aromatic heterocycles. The summed E-state index contributed by atoms with van der Waals surface area (Å²) in [5.74, 6) is 0.833. The number of hydrogen-bond donors (Lipinski definition) is 1. The van der Waals surface area contributed by atoms with E-state index >= 15 is 0 Å². The minimum absolute atomic E-state index is 0.323. The monoisotopic (exact) mass is 287 g/mol. The molecule has 0 spiro atoms. The molecule has 2 rings (SSSR count). The first-order chi connectivity index (χ1) is 8.40. The highest BCUT2D eigenvalue weighted by Crippen LogP contribution is 2.33. The van der Waals surface area contributed by atoms with E-state index in [1.807, 2.05) is 0 Å². The highest BCUT2D eigenvalue weighted by atomic mass is 32.2. The first-order valence-corrected chi connectivity index (χ1v) is 7.72. The molecular formula is C10H13N3O3S2. The minimum atomic E-state index is -3.38. The molecule has 0 fully saturated rings. The topological polar surface area (TPSA) is 85.1 Å². The van der Waals surface area contributed by atoms with Gasteiger partial charge < -0.3 is 4.52 Å². The van der Waals surface area contributed by atoms with Gasteiger partial charge in [0.25, 0.3) is 5.89 Å². The highest BCUT2D eigenvalue weighted by Gasteiger charge is 2.20. The van der Waals surface area contributed by atoms with Gasteiger partial charge in [0.05, 0.1) is 10.9 Å². The Morgan fingerprint density at radius 2 is 2.17 bits per heavy atom. The van der Waals surface area contributed by atoms with Crippen LogP contribution in [0.4, 0.5) is 5.69 Å². The van der Waals surface area contributed by atoms with Gasteiger partial charge in [0.2, 0.25) is 10.0 Å². The van der Waals surface area contributed by atoms with Gasteiger partial charge in [-0.15, -0.1) is 11.3 Å². The average molecular weight is 287 g/mol. The third kappa shape index (κ3) is 2.54. The molecule has 0 aromatic carbocycles. The van der Waals surface area contributed by atoms with Gasteiger partial charge in [0, 0.05) is 0 Å². The molecule has 2 aromatic rings. The fraction of sp³-hybridized carbons (Fsp3) is 0.400. The molecular weight excluding hydrogens is 274 g/mol. The smallest absolute Gasteiger partial charge is 0.270 e. The summed E-state index contributed by atoms with van der Waals surface area (Å²) in [6, 6.07) is 1.68. The van der Waals surface area contributed by atoms with Crippen LogP contribution in [-0.2, 0) is 10.0 Å². The first kappa shape index (κ1) is 13.0. The molecule has 8 heteroatoms. The van der Waals surface area contributed by atoms with Gasteiger partial charge in [-0.1, -0.05) is 5.16 Å². The van der Waals surface area contributed by atoms with Crippen molar-refractivity contribution >= 4 is 27.0 Å². The Labute approximate surface area is 109 Å². The average Bonchev–Trinajstić information content (AvgIpc) is 2.86. The number of hydrogen-bond acceptors (Lipinski definition) is 6. The molecule has 0 saturated heterocycles. The van der Waals surface area contributed by atoms with E-state index in [0.717, 1.165) is 0 Å². The van der Waals surface area contributed by atoms with Crippen molar-refractivity contribution in [1.82, 2.24) is 10.1 Å². The number of rotatable bonds is 4. The molecule has 0 saturated carbocycles. The van der Waals surface area contributed by atoms with Crippen molar-refractivity contribution in [3.05, 3.63) is 17.3 Å². The van der Waals surface area contributed by atoms with E-state index < -0.39 is 15.3 Å². The minimum Gasteiger partial charge on any atom is -0.333 e.